The van der Waals surface area contributed by atoms with Crippen LogP contribution in [0.2, 0.25) is 5.02 Å². The fraction of sp³-hybridized carbons (Fsp3) is 0.143. The van der Waals surface area contributed by atoms with Crippen molar-refractivity contribution < 1.29 is 4.79 Å². The van der Waals surface area contributed by atoms with E-state index in [1.165, 1.54) is 0 Å². The van der Waals surface area contributed by atoms with Crippen LogP contribution in [0.5, 0.6) is 0 Å². The minimum atomic E-state index is -0.465. The summed E-state index contributed by atoms with van der Waals surface area (Å²) in [5, 5.41) is 5.25. The van der Waals surface area contributed by atoms with Crippen LogP contribution in [-0.4, -0.2) is 25.5 Å². The summed E-state index contributed by atoms with van der Waals surface area (Å²) in [4.78, 5) is 32.2. The number of aromatic amines is 1. The van der Waals surface area contributed by atoms with E-state index in [0.717, 1.165) is 10.1 Å². The summed E-state index contributed by atoms with van der Waals surface area (Å²) in [6.45, 7) is 3.55. The molecule has 3 rings (SSSR count). The summed E-state index contributed by atoms with van der Waals surface area (Å²) < 4.78 is 1.08. The Morgan fingerprint density at radius 1 is 1.23 bits per heavy atom. The van der Waals surface area contributed by atoms with Crippen molar-refractivity contribution in [2.45, 2.75) is 13.8 Å². The molecule has 8 heteroatoms. The number of nitrogens with zero attached hydrogens (tertiary/aromatic N) is 3. The molecule has 0 saturated heterocycles. The number of rotatable bonds is 2. The van der Waals surface area contributed by atoms with Crippen LogP contribution in [0.25, 0.3) is 5.78 Å². The number of fused-ring (bicyclic) bond motifs is 1. The molecule has 0 unspecified atom stereocenters. The monoisotopic (exact) mass is 317 g/mol. The molecule has 0 aliphatic carbocycles. The van der Waals surface area contributed by atoms with Crippen LogP contribution in [0.4, 0.5) is 5.95 Å². The third-order valence-corrected chi connectivity index (χ3v) is 3.59. The second-order valence-corrected chi connectivity index (χ2v) is 5.22. The summed E-state index contributed by atoms with van der Waals surface area (Å²) in [7, 11) is 0. The van der Waals surface area contributed by atoms with E-state index in [1.54, 1.807) is 19.1 Å². The van der Waals surface area contributed by atoms with E-state index >= 15 is 0 Å². The summed E-state index contributed by atoms with van der Waals surface area (Å²) in [6, 6.07) is 7.09. The van der Waals surface area contributed by atoms with Crippen LogP contribution in [0.1, 0.15) is 21.6 Å². The molecule has 2 heterocycles. The highest BCUT2D eigenvalue weighted by Crippen LogP contribution is 2.10. The molecular formula is C14H12ClN5O2. The van der Waals surface area contributed by atoms with Gasteiger partial charge < -0.3 is 0 Å². The number of H-pyrrole nitrogens is 1. The van der Waals surface area contributed by atoms with Crippen LogP contribution in [0, 0.1) is 13.8 Å². The summed E-state index contributed by atoms with van der Waals surface area (Å²) >= 11 is 5.85. The van der Waals surface area contributed by atoms with Gasteiger partial charge >= 0.3 is 0 Å². The highest BCUT2D eigenvalue weighted by molar-refractivity contribution is 6.31. The highest BCUT2D eigenvalue weighted by atomic mass is 35.5. The van der Waals surface area contributed by atoms with Gasteiger partial charge in [0.1, 0.15) is 5.02 Å². The number of hydrogen-bond acceptors (Lipinski definition) is 4. The average molecular weight is 318 g/mol. The van der Waals surface area contributed by atoms with E-state index < -0.39 is 5.56 Å². The lowest BCUT2D eigenvalue weighted by atomic mass is 10.1. The van der Waals surface area contributed by atoms with Gasteiger partial charge in [-0.2, -0.15) is 9.50 Å². The number of carbonyl (C=O) groups excluding carboxylic acids is 1. The predicted molar refractivity (Wildman–Crippen MR) is 82.5 cm³/mol. The molecule has 1 amide bonds. The molecular weight excluding hydrogens is 306 g/mol. The maximum absolute atomic E-state index is 12.1. The molecule has 0 spiro atoms. The van der Waals surface area contributed by atoms with E-state index in [0.29, 0.717) is 11.3 Å². The fourth-order valence-electron chi connectivity index (χ4n) is 1.94. The number of hydrogen-bond donors (Lipinski definition) is 2. The third-order valence-electron chi connectivity index (χ3n) is 3.15. The van der Waals surface area contributed by atoms with Crippen molar-refractivity contribution in [3.8, 4) is 0 Å². The van der Waals surface area contributed by atoms with Gasteiger partial charge in [0.05, 0.1) is 5.69 Å². The lowest BCUT2D eigenvalue weighted by Gasteiger charge is -2.01. The minimum Gasteiger partial charge on any atom is -0.291 e. The Hall–Kier alpha value is -2.67. The van der Waals surface area contributed by atoms with Crippen LogP contribution < -0.4 is 10.9 Å². The van der Waals surface area contributed by atoms with E-state index in [-0.39, 0.29) is 22.7 Å². The van der Waals surface area contributed by atoms with Gasteiger partial charge in [-0.05, 0) is 26.0 Å². The van der Waals surface area contributed by atoms with Crippen LogP contribution in [0.15, 0.2) is 29.1 Å². The van der Waals surface area contributed by atoms with Crippen molar-refractivity contribution >= 4 is 29.2 Å². The van der Waals surface area contributed by atoms with Crippen LogP contribution in [0.3, 0.4) is 0 Å². The lowest BCUT2D eigenvalue weighted by Crippen LogP contribution is -2.17. The van der Waals surface area contributed by atoms with Crippen LogP contribution in [-0.2, 0) is 0 Å². The lowest BCUT2D eigenvalue weighted by molar-refractivity contribution is 0.102. The summed E-state index contributed by atoms with van der Waals surface area (Å²) in [5.41, 5.74) is 1.46. The second-order valence-electron chi connectivity index (χ2n) is 4.84. The van der Waals surface area contributed by atoms with Gasteiger partial charge in [-0.3, -0.25) is 20.0 Å². The first-order valence-electron chi connectivity index (χ1n) is 6.48. The number of carbonyl (C=O) groups is 1. The van der Waals surface area contributed by atoms with Gasteiger partial charge in [0, 0.05) is 5.56 Å². The standard InChI is InChI=1S/C14H12ClN5O2/c1-7-3-5-9(6-4-7)11(21)17-13-18-14-16-8(2)10(15)12(22)20(14)19-13/h3-6H,1-2H3,(H2,16,17,18,19,21). The highest BCUT2D eigenvalue weighted by Gasteiger charge is 2.13. The maximum atomic E-state index is 12.1. The van der Waals surface area contributed by atoms with Crippen molar-refractivity contribution in [3.05, 3.63) is 56.5 Å². The molecule has 2 aromatic heterocycles. The third kappa shape index (κ3) is 2.46. The zero-order valence-corrected chi connectivity index (χ0v) is 12.6. The van der Waals surface area contributed by atoms with Gasteiger partial charge in [0.15, 0.2) is 0 Å². The molecule has 0 saturated carbocycles. The van der Waals surface area contributed by atoms with Gasteiger partial charge in [0.2, 0.25) is 5.95 Å². The molecule has 1 aromatic carbocycles. The number of amides is 1. The number of nitrogens with one attached hydrogen (secondary N) is 2. The van der Waals surface area contributed by atoms with Crippen molar-refractivity contribution in [1.82, 2.24) is 19.6 Å². The normalized spacial score (nSPS) is 10.9. The minimum absolute atomic E-state index is 0.0116. The van der Waals surface area contributed by atoms with E-state index in [4.69, 9.17) is 11.6 Å². The Bertz CT molecular complexity index is 927. The van der Waals surface area contributed by atoms with Crippen molar-refractivity contribution in [2.24, 2.45) is 0 Å². The van der Waals surface area contributed by atoms with Gasteiger partial charge in [-0.25, -0.2) is 4.98 Å². The first kappa shape index (κ1) is 14.3. The first-order chi connectivity index (χ1) is 10.5. The van der Waals surface area contributed by atoms with E-state index in [1.807, 2.05) is 19.1 Å². The summed E-state index contributed by atoms with van der Waals surface area (Å²) in [5.74, 6) is -0.0714. The van der Waals surface area contributed by atoms with Crippen LogP contribution >= 0.6 is 11.6 Å². The molecule has 7 nitrogen and oxygen atoms in total. The molecule has 0 bridgehead atoms. The zero-order valence-electron chi connectivity index (χ0n) is 11.8. The van der Waals surface area contributed by atoms with Crippen molar-refractivity contribution in [1.29, 1.82) is 0 Å². The number of aromatic nitrogens is 4. The quantitative estimate of drug-likeness (QED) is 0.755. The molecule has 3 aromatic rings. The number of benzene rings is 1. The molecule has 0 fully saturated rings. The Kier molecular flexibility index (Phi) is 3.42. The Labute approximate surface area is 130 Å². The molecule has 2 N–H and O–H groups in total. The molecule has 0 atom stereocenters. The molecule has 0 aliphatic heterocycles. The molecule has 0 radical (unpaired) electrons. The van der Waals surface area contributed by atoms with Crippen molar-refractivity contribution in [2.75, 3.05) is 5.32 Å². The SMILES string of the molecule is Cc1ccc(C(=O)Nc2nc3nc(C)c(Cl)c(=O)n3[nH]2)cc1. The number of aryl methyl sites for hydroxylation is 2. The first-order valence-corrected chi connectivity index (χ1v) is 6.86. The maximum Gasteiger partial charge on any atom is 0.293 e. The molecule has 112 valence electrons. The molecule has 22 heavy (non-hydrogen) atoms. The van der Waals surface area contributed by atoms with Gasteiger partial charge in [-0.1, -0.05) is 29.3 Å². The topological polar surface area (TPSA) is 92.2 Å². The second kappa shape index (κ2) is 5.27. The number of anilines is 1. The smallest absolute Gasteiger partial charge is 0.291 e. The molecule has 0 aliphatic rings. The average Bonchev–Trinajstić information content (AvgIpc) is 2.88. The van der Waals surface area contributed by atoms with E-state index in [9.17, 15) is 9.59 Å². The fourth-order valence-corrected chi connectivity index (χ4v) is 2.07. The van der Waals surface area contributed by atoms with Crippen molar-refractivity contribution in [3.63, 3.8) is 0 Å². The predicted octanol–water partition coefficient (Wildman–Crippen LogP) is 1.94. The zero-order chi connectivity index (χ0) is 15.9. The van der Waals surface area contributed by atoms with Gasteiger partial charge in [0.25, 0.3) is 17.2 Å². The van der Waals surface area contributed by atoms with Gasteiger partial charge in [-0.15, -0.1) is 0 Å². The Morgan fingerprint density at radius 2 is 1.91 bits per heavy atom. The number of halogens is 1. The largest absolute Gasteiger partial charge is 0.293 e. The Balaban J connectivity index is 1.94. The Morgan fingerprint density at radius 3 is 2.59 bits per heavy atom. The van der Waals surface area contributed by atoms with E-state index in [2.05, 4.69) is 20.4 Å². The summed E-state index contributed by atoms with van der Waals surface area (Å²) in [6.07, 6.45) is 0.